The van der Waals surface area contributed by atoms with E-state index in [4.69, 9.17) is 0 Å². The van der Waals surface area contributed by atoms with E-state index in [0.717, 1.165) is 31.1 Å². The van der Waals surface area contributed by atoms with Gasteiger partial charge in [-0.15, -0.1) is 0 Å². The van der Waals surface area contributed by atoms with Crippen LogP contribution in [0, 0.1) is 5.92 Å². The third-order valence-electron chi connectivity index (χ3n) is 2.54. The minimum atomic E-state index is -0.575. The average Bonchev–Trinajstić information content (AvgIpc) is 2.21. The van der Waals surface area contributed by atoms with Crippen LogP contribution in [-0.2, 0) is 4.79 Å². The van der Waals surface area contributed by atoms with Crippen molar-refractivity contribution in [3.63, 3.8) is 0 Å². The van der Waals surface area contributed by atoms with Crippen molar-refractivity contribution in [1.29, 1.82) is 0 Å². The molecular formula is C12H22O2. The molecule has 0 aromatic rings. The van der Waals surface area contributed by atoms with Crippen molar-refractivity contribution in [1.82, 2.24) is 0 Å². The lowest BCUT2D eigenvalue weighted by Crippen LogP contribution is -2.23. The van der Waals surface area contributed by atoms with Crippen LogP contribution >= 0.6 is 0 Å². The van der Waals surface area contributed by atoms with Gasteiger partial charge in [0, 0.05) is 5.92 Å². The fourth-order valence-electron chi connectivity index (χ4n) is 1.47. The Labute approximate surface area is 87.0 Å². The highest BCUT2D eigenvalue weighted by molar-refractivity contribution is 5.55. The van der Waals surface area contributed by atoms with E-state index in [2.05, 4.69) is 13.0 Å². The Hall–Kier alpha value is -0.630. The zero-order valence-electron chi connectivity index (χ0n) is 9.49. The van der Waals surface area contributed by atoms with Crippen LogP contribution in [0.15, 0.2) is 11.6 Å². The zero-order chi connectivity index (χ0) is 11.0. The van der Waals surface area contributed by atoms with Crippen molar-refractivity contribution in [3.8, 4) is 0 Å². The van der Waals surface area contributed by atoms with E-state index in [1.165, 1.54) is 0 Å². The number of allylic oxidation sites excluding steroid dienone is 1. The molecule has 0 spiro atoms. The van der Waals surface area contributed by atoms with Crippen molar-refractivity contribution in [2.75, 3.05) is 0 Å². The quantitative estimate of drug-likeness (QED) is 0.504. The summed E-state index contributed by atoms with van der Waals surface area (Å²) in [6.07, 6.45) is 5.94. The predicted octanol–water partition coefficient (Wildman–Crippen LogP) is 2.71. The summed E-state index contributed by atoms with van der Waals surface area (Å²) < 4.78 is 0. The molecule has 2 atom stereocenters. The van der Waals surface area contributed by atoms with E-state index in [-0.39, 0.29) is 5.92 Å². The second-order valence-electron chi connectivity index (χ2n) is 3.57. The summed E-state index contributed by atoms with van der Waals surface area (Å²) in [7, 11) is 0. The van der Waals surface area contributed by atoms with Crippen LogP contribution in [0.1, 0.15) is 46.5 Å². The number of aliphatic hydroxyl groups is 1. The molecule has 0 heterocycles. The molecule has 0 aliphatic carbocycles. The number of hydrogen-bond acceptors (Lipinski definition) is 2. The lowest BCUT2D eigenvalue weighted by atomic mass is 9.92. The van der Waals surface area contributed by atoms with E-state index >= 15 is 0 Å². The molecule has 0 aliphatic heterocycles. The number of carbonyl (C=O) groups is 1. The maximum atomic E-state index is 10.7. The third-order valence-corrected chi connectivity index (χ3v) is 2.54. The lowest BCUT2D eigenvalue weighted by Gasteiger charge is -2.18. The topological polar surface area (TPSA) is 37.3 Å². The Morgan fingerprint density at radius 1 is 1.36 bits per heavy atom. The fraction of sp³-hybridized carbons (Fsp3) is 0.750. The van der Waals surface area contributed by atoms with Crippen molar-refractivity contribution >= 4 is 6.29 Å². The number of unbranched alkanes of at least 4 members (excludes halogenated alkanes) is 1. The average molecular weight is 198 g/mol. The number of aliphatic hydroxyl groups excluding tert-OH is 1. The standard InChI is InChI=1S/C12H22O2/c1-4-7-8-10(5-2)12(14)11(6-3)9-13/h8-9,11-12,14H,4-7H2,1-3H3. The van der Waals surface area contributed by atoms with E-state index in [9.17, 15) is 9.90 Å². The molecule has 0 radical (unpaired) electrons. The number of hydrogen-bond donors (Lipinski definition) is 1. The smallest absolute Gasteiger partial charge is 0.125 e. The first-order chi connectivity index (χ1) is 6.71. The van der Waals surface area contributed by atoms with Crippen LogP contribution in [0.25, 0.3) is 0 Å². The Morgan fingerprint density at radius 2 is 2.00 bits per heavy atom. The molecule has 0 saturated carbocycles. The molecule has 0 rings (SSSR count). The molecule has 0 bridgehead atoms. The summed E-state index contributed by atoms with van der Waals surface area (Å²) in [5.74, 6) is -0.238. The molecule has 0 aromatic carbocycles. The Morgan fingerprint density at radius 3 is 2.36 bits per heavy atom. The minimum absolute atomic E-state index is 0.238. The van der Waals surface area contributed by atoms with E-state index in [1.807, 2.05) is 13.8 Å². The van der Waals surface area contributed by atoms with Crippen LogP contribution in [0.3, 0.4) is 0 Å². The summed E-state index contributed by atoms with van der Waals surface area (Å²) in [6.45, 7) is 6.05. The highest BCUT2D eigenvalue weighted by Gasteiger charge is 2.19. The van der Waals surface area contributed by atoms with Gasteiger partial charge < -0.3 is 9.90 Å². The molecule has 2 nitrogen and oxygen atoms in total. The highest BCUT2D eigenvalue weighted by atomic mass is 16.3. The highest BCUT2D eigenvalue weighted by Crippen LogP contribution is 2.18. The van der Waals surface area contributed by atoms with Crippen molar-refractivity contribution < 1.29 is 9.90 Å². The second-order valence-corrected chi connectivity index (χ2v) is 3.57. The molecule has 2 unspecified atom stereocenters. The maximum Gasteiger partial charge on any atom is 0.125 e. The van der Waals surface area contributed by atoms with Gasteiger partial charge in [0.25, 0.3) is 0 Å². The summed E-state index contributed by atoms with van der Waals surface area (Å²) in [5, 5.41) is 9.90. The predicted molar refractivity (Wildman–Crippen MR) is 59.1 cm³/mol. The van der Waals surface area contributed by atoms with Crippen LogP contribution in [0.5, 0.6) is 0 Å². The first kappa shape index (κ1) is 13.4. The number of rotatable bonds is 7. The van der Waals surface area contributed by atoms with Crippen molar-refractivity contribution in [2.24, 2.45) is 5.92 Å². The van der Waals surface area contributed by atoms with E-state index in [0.29, 0.717) is 6.42 Å². The normalized spacial score (nSPS) is 16.4. The van der Waals surface area contributed by atoms with Gasteiger partial charge in [-0.1, -0.05) is 33.3 Å². The van der Waals surface area contributed by atoms with Gasteiger partial charge in [0.2, 0.25) is 0 Å². The molecule has 0 saturated heterocycles. The molecule has 0 aromatic heterocycles. The van der Waals surface area contributed by atoms with Crippen molar-refractivity contribution in [3.05, 3.63) is 11.6 Å². The summed E-state index contributed by atoms with van der Waals surface area (Å²) in [5.41, 5.74) is 1.01. The zero-order valence-corrected chi connectivity index (χ0v) is 9.49. The third kappa shape index (κ3) is 4.05. The SMILES string of the molecule is CCCC=C(CC)C(O)C(C=O)CC. The second kappa shape index (κ2) is 7.74. The first-order valence-corrected chi connectivity index (χ1v) is 5.53. The van der Waals surface area contributed by atoms with E-state index in [1.54, 1.807) is 0 Å². The molecule has 0 aliphatic rings. The molecule has 0 amide bonds. The van der Waals surface area contributed by atoms with Gasteiger partial charge in [0.05, 0.1) is 6.10 Å². The summed E-state index contributed by atoms with van der Waals surface area (Å²) >= 11 is 0. The van der Waals surface area contributed by atoms with Gasteiger partial charge in [-0.2, -0.15) is 0 Å². The molecule has 2 heteroatoms. The largest absolute Gasteiger partial charge is 0.388 e. The molecule has 82 valence electrons. The van der Waals surface area contributed by atoms with Gasteiger partial charge in [-0.3, -0.25) is 0 Å². The number of aldehydes is 1. The Bertz CT molecular complexity index is 185. The molecular weight excluding hydrogens is 176 g/mol. The van der Waals surface area contributed by atoms with Crippen LogP contribution in [0.2, 0.25) is 0 Å². The minimum Gasteiger partial charge on any atom is -0.388 e. The summed E-state index contributed by atoms with van der Waals surface area (Å²) in [6, 6.07) is 0. The monoisotopic (exact) mass is 198 g/mol. The molecule has 0 fully saturated rings. The van der Waals surface area contributed by atoms with Crippen molar-refractivity contribution in [2.45, 2.75) is 52.6 Å². The van der Waals surface area contributed by atoms with Crippen LogP contribution < -0.4 is 0 Å². The van der Waals surface area contributed by atoms with Gasteiger partial charge in [-0.05, 0) is 24.8 Å². The van der Waals surface area contributed by atoms with Gasteiger partial charge >= 0.3 is 0 Å². The lowest BCUT2D eigenvalue weighted by molar-refractivity contribution is -0.113. The van der Waals surface area contributed by atoms with Gasteiger partial charge in [0.15, 0.2) is 0 Å². The van der Waals surface area contributed by atoms with E-state index < -0.39 is 6.10 Å². The molecule has 1 N–H and O–H groups in total. The first-order valence-electron chi connectivity index (χ1n) is 5.53. The molecule has 14 heavy (non-hydrogen) atoms. The summed E-state index contributed by atoms with van der Waals surface area (Å²) in [4.78, 5) is 10.7. The fourth-order valence-corrected chi connectivity index (χ4v) is 1.47. The Kier molecular flexibility index (Phi) is 7.40. The number of carbonyl (C=O) groups excluding carboxylic acids is 1. The van der Waals surface area contributed by atoms with Crippen LogP contribution in [0.4, 0.5) is 0 Å². The van der Waals surface area contributed by atoms with Gasteiger partial charge in [0.1, 0.15) is 6.29 Å². The van der Waals surface area contributed by atoms with Crippen LogP contribution in [-0.4, -0.2) is 17.5 Å². The Balaban J connectivity index is 4.42. The van der Waals surface area contributed by atoms with Gasteiger partial charge in [-0.25, -0.2) is 0 Å². The maximum absolute atomic E-state index is 10.7.